The Labute approximate surface area is 128 Å². The van der Waals surface area contributed by atoms with Crippen molar-refractivity contribution in [1.29, 1.82) is 0 Å². The SMILES string of the molecule is COc1ccc(-c2cnoc2N)cc1NC(=O)OC(C)(C)C. The van der Waals surface area contributed by atoms with Crippen LogP contribution in [0.2, 0.25) is 0 Å². The number of nitrogens with two attached hydrogens (primary N) is 1. The van der Waals surface area contributed by atoms with Crippen LogP contribution < -0.4 is 15.8 Å². The lowest BCUT2D eigenvalue weighted by atomic mass is 10.1. The largest absolute Gasteiger partial charge is 0.495 e. The van der Waals surface area contributed by atoms with Gasteiger partial charge in [0.15, 0.2) is 0 Å². The molecule has 1 amide bonds. The molecule has 0 spiro atoms. The van der Waals surface area contributed by atoms with Crippen molar-refractivity contribution in [3.05, 3.63) is 24.4 Å². The Hall–Kier alpha value is -2.70. The van der Waals surface area contributed by atoms with Gasteiger partial charge in [-0.15, -0.1) is 0 Å². The third kappa shape index (κ3) is 3.69. The fourth-order valence-corrected chi connectivity index (χ4v) is 1.85. The number of ether oxygens (including phenoxy) is 2. The number of nitrogens with one attached hydrogen (secondary N) is 1. The Kier molecular flexibility index (Phi) is 4.25. The van der Waals surface area contributed by atoms with E-state index in [1.807, 2.05) is 0 Å². The normalized spacial score (nSPS) is 11.1. The van der Waals surface area contributed by atoms with Gasteiger partial charge in [-0.3, -0.25) is 5.32 Å². The van der Waals surface area contributed by atoms with Gasteiger partial charge in [-0.2, -0.15) is 0 Å². The van der Waals surface area contributed by atoms with Crippen molar-refractivity contribution in [2.75, 3.05) is 18.2 Å². The van der Waals surface area contributed by atoms with Crippen molar-refractivity contribution >= 4 is 17.7 Å². The topological polar surface area (TPSA) is 99.6 Å². The minimum atomic E-state index is -0.589. The number of rotatable bonds is 3. The van der Waals surface area contributed by atoms with Gasteiger partial charge in [-0.1, -0.05) is 11.2 Å². The van der Waals surface area contributed by atoms with Crippen LogP contribution in [0, 0.1) is 0 Å². The summed E-state index contributed by atoms with van der Waals surface area (Å²) in [5, 5.41) is 6.30. The number of anilines is 2. The van der Waals surface area contributed by atoms with E-state index in [0.29, 0.717) is 17.0 Å². The van der Waals surface area contributed by atoms with Gasteiger partial charge in [0.25, 0.3) is 0 Å². The Balaban J connectivity index is 2.29. The quantitative estimate of drug-likeness (QED) is 0.902. The maximum absolute atomic E-state index is 11.9. The minimum absolute atomic E-state index is 0.202. The zero-order valence-electron chi connectivity index (χ0n) is 13.0. The Morgan fingerprint density at radius 1 is 1.36 bits per heavy atom. The van der Waals surface area contributed by atoms with E-state index < -0.39 is 11.7 Å². The molecule has 0 atom stereocenters. The highest BCUT2D eigenvalue weighted by Gasteiger charge is 2.18. The van der Waals surface area contributed by atoms with Crippen molar-refractivity contribution in [2.24, 2.45) is 0 Å². The molecule has 0 fully saturated rings. The zero-order valence-corrected chi connectivity index (χ0v) is 13.0. The van der Waals surface area contributed by atoms with E-state index in [9.17, 15) is 4.79 Å². The highest BCUT2D eigenvalue weighted by Crippen LogP contribution is 2.33. The molecule has 0 aliphatic heterocycles. The minimum Gasteiger partial charge on any atom is -0.495 e. The average Bonchev–Trinajstić information content (AvgIpc) is 2.82. The second-order valence-corrected chi connectivity index (χ2v) is 5.65. The first kappa shape index (κ1) is 15.7. The van der Waals surface area contributed by atoms with E-state index in [1.165, 1.54) is 13.3 Å². The van der Waals surface area contributed by atoms with E-state index in [1.54, 1.807) is 39.0 Å². The number of methoxy groups -OCH3 is 1. The first-order valence-electron chi connectivity index (χ1n) is 6.69. The summed E-state index contributed by atoms with van der Waals surface area (Å²) in [4.78, 5) is 11.9. The monoisotopic (exact) mass is 305 g/mol. The van der Waals surface area contributed by atoms with Crippen LogP contribution in [-0.4, -0.2) is 24.0 Å². The van der Waals surface area contributed by atoms with Crippen molar-refractivity contribution in [1.82, 2.24) is 5.16 Å². The lowest BCUT2D eigenvalue weighted by molar-refractivity contribution is 0.0635. The molecule has 118 valence electrons. The zero-order chi connectivity index (χ0) is 16.3. The molecule has 22 heavy (non-hydrogen) atoms. The van der Waals surface area contributed by atoms with E-state index in [4.69, 9.17) is 19.7 Å². The number of nitrogens with zero attached hydrogens (tertiary/aromatic N) is 1. The lowest BCUT2D eigenvalue weighted by Crippen LogP contribution is -2.27. The molecule has 0 unspecified atom stereocenters. The number of carbonyl (C=O) groups excluding carboxylic acids is 1. The van der Waals surface area contributed by atoms with Gasteiger partial charge < -0.3 is 19.7 Å². The summed E-state index contributed by atoms with van der Waals surface area (Å²) in [7, 11) is 1.52. The van der Waals surface area contributed by atoms with Crippen LogP contribution in [0.4, 0.5) is 16.4 Å². The molecule has 0 bridgehead atoms. The van der Waals surface area contributed by atoms with E-state index >= 15 is 0 Å². The fraction of sp³-hybridized carbons (Fsp3) is 0.333. The van der Waals surface area contributed by atoms with Crippen LogP contribution in [-0.2, 0) is 4.74 Å². The number of hydrogen-bond donors (Lipinski definition) is 2. The van der Waals surface area contributed by atoms with Gasteiger partial charge in [0, 0.05) is 0 Å². The summed E-state index contributed by atoms with van der Waals surface area (Å²) < 4.78 is 15.3. The molecule has 1 aromatic carbocycles. The number of nitrogen functional groups attached to an aromatic ring is 1. The van der Waals surface area contributed by atoms with Crippen LogP contribution in [0.3, 0.4) is 0 Å². The third-order valence-electron chi connectivity index (χ3n) is 2.74. The van der Waals surface area contributed by atoms with Crippen molar-refractivity contribution in [2.45, 2.75) is 26.4 Å². The van der Waals surface area contributed by atoms with Crippen molar-refractivity contribution < 1.29 is 18.8 Å². The third-order valence-corrected chi connectivity index (χ3v) is 2.74. The maximum Gasteiger partial charge on any atom is 0.412 e. The highest BCUT2D eigenvalue weighted by molar-refractivity contribution is 5.89. The van der Waals surface area contributed by atoms with Gasteiger partial charge >= 0.3 is 6.09 Å². The predicted octanol–water partition coefficient (Wildman–Crippen LogP) is 3.28. The summed E-state index contributed by atoms with van der Waals surface area (Å²) in [5.41, 5.74) is 6.96. The van der Waals surface area contributed by atoms with Crippen LogP contribution in [0.15, 0.2) is 28.9 Å². The lowest BCUT2D eigenvalue weighted by Gasteiger charge is -2.20. The fourth-order valence-electron chi connectivity index (χ4n) is 1.85. The molecule has 7 heteroatoms. The molecule has 1 heterocycles. The molecule has 0 saturated carbocycles. The summed E-state index contributed by atoms with van der Waals surface area (Å²) >= 11 is 0. The molecular formula is C15H19N3O4. The highest BCUT2D eigenvalue weighted by atomic mass is 16.6. The first-order valence-corrected chi connectivity index (χ1v) is 6.69. The Morgan fingerprint density at radius 3 is 2.64 bits per heavy atom. The van der Waals surface area contributed by atoms with E-state index in [2.05, 4.69) is 10.5 Å². The molecule has 2 aromatic rings. The molecule has 0 radical (unpaired) electrons. The van der Waals surface area contributed by atoms with Crippen LogP contribution >= 0.6 is 0 Å². The summed E-state index contributed by atoms with van der Waals surface area (Å²) in [6.07, 6.45) is 0.940. The summed E-state index contributed by atoms with van der Waals surface area (Å²) in [6, 6.07) is 5.22. The molecule has 2 rings (SSSR count). The maximum atomic E-state index is 11.9. The summed E-state index contributed by atoms with van der Waals surface area (Å²) in [5.74, 6) is 0.706. The molecule has 3 N–H and O–H groups in total. The van der Waals surface area contributed by atoms with Crippen LogP contribution in [0.1, 0.15) is 20.8 Å². The number of hydrogen-bond acceptors (Lipinski definition) is 6. The van der Waals surface area contributed by atoms with Crippen molar-refractivity contribution in [3.8, 4) is 16.9 Å². The van der Waals surface area contributed by atoms with Crippen molar-refractivity contribution in [3.63, 3.8) is 0 Å². The molecule has 7 nitrogen and oxygen atoms in total. The van der Waals surface area contributed by atoms with E-state index in [-0.39, 0.29) is 5.88 Å². The Morgan fingerprint density at radius 2 is 2.09 bits per heavy atom. The molecule has 0 aliphatic rings. The standard InChI is InChI=1S/C15H19N3O4/c1-15(2,3)21-14(19)18-11-7-9(5-6-12(11)20-4)10-8-17-22-13(10)16/h5-8H,16H2,1-4H3,(H,18,19). The second-order valence-electron chi connectivity index (χ2n) is 5.65. The van der Waals surface area contributed by atoms with Gasteiger partial charge in [0.1, 0.15) is 11.4 Å². The molecule has 0 saturated heterocycles. The number of aromatic nitrogens is 1. The van der Waals surface area contributed by atoms with Gasteiger partial charge in [0.05, 0.1) is 24.6 Å². The molecular weight excluding hydrogens is 286 g/mol. The summed E-state index contributed by atoms with van der Waals surface area (Å²) in [6.45, 7) is 5.37. The van der Waals surface area contributed by atoms with Gasteiger partial charge in [0.2, 0.25) is 5.88 Å². The number of carbonyl (C=O) groups is 1. The van der Waals surface area contributed by atoms with Gasteiger partial charge in [-0.05, 0) is 38.5 Å². The molecule has 0 aliphatic carbocycles. The van der Waals surface area contributed by atoms with Crippen LogP contribution in [0.25, 0.3) is 11.1 Å². The molecule has 1 aromatic heterocycles. The second kappa shape index (κ2) is 5.97. The predicted molar refractivity (Wildman–Crippen MR) is 82.8 cm³/mol. The van der Waals surface area contributed by atoms with E-state index in [0.717, 1.165) is 5.56 Å². The van der Waals surface area contributed by atoms with Gasteiger partial charge in [-0.25, -0.2) is 4.79 Å². The Bertz CT molecular complexity index is 674. The smallest absolute Gasteiger partial charge is 0.412 e. The first-order chi connectivity index (χ1) is 10.3. The number of benzene rings is 1. The number of amides is 1. The van der Waals surface area contributed by atoms with Crippen LogP contribution in [0.5, 0.6) is 5.75 Å². The average molecular weight is 305 g/mol.